The van der Waals surface area contributed by atoms with Crippen molar-refractivity contribution in [1.29, 1.82) is 0 Å². The van der Waals surface area contributed by atoms with Gasteiger partial charge in [0.2, 0.25) is 5.91 Å². The molecule has 154 valence electrons. The lowest BCUT2D eigenvalue weighted by Gasteiger charge is -2.13. The van der Waals surface area contributed by atoms with Crippen LogP contribution in [-0.4, -0.2) is 26.4 Å². The molecule has 29 heavy (non-hydrogen) atoms. The van der Waals surface area contributed by atoms with E-state index in [9.17, 15) is 4.79 Å². The second-order valence-corrected chi connectivity index (χ2v) is 9.49. The van der Waals surface area contributed by atoms with Crippen LogP contribution in [0.3, 0.4) is 0 Å². The molecule has 8 heteroatoms. The van der Waals surface area contributed by atoms with Crippen LogP contribution in [0, 0.1) is 6.92 Å². The molecule has 0 radical (unpaired) electrons. The van der Waals surface area contributed by atoms with Crippen molar-refractivity contribution >= 4 is 46.3 Å². The molecule has 0 fully saturated rings. The van der Waals surface area contributed by atoms with Crippen LogP contribution in [0.5, 0.6) is 0 Å². The number of amides is 1. The minimum Gasteiger partial charge on any atom is -0.325 e. The molecule has 0 aliphatic heterocycles. The van der Waals surface area contributed by atoms with Gasteiger partial charge < -0.3 is 5.32 Å². The number of nitrogens with zero attached hydrogens (tertiary/aromatic N) is 3. The highest BCUT2D eigenvalue weighted by molar-refractivity contribution is 7.99. The lowest BCUT2D eigenvalue weighted by Crippen LogP contribution is -2.15. The molecule has 3 aromatic rings. The monoisotopic (exact) mass is 448 g/mol. The molecule has 0 atom stereocenters. The van der Waals surface area contributed by atoms with Crippen molar-refractivity contribution < 1.29 is 4.79 Å². The first kappa shape index (κ1) is 21.9. The standard InChI is InChI=1S/C21H25ClN4OS2/c1-5-6-17-9-15(11-28-17)20-24-25-21(26(20)13(2)3)29-12-19(27)23-18-10-16(22)8-7-14(18)4/h7-11,13H,5-6,12H2,1-4H3,(H,23,27). The molecule has 0 bridgehead atoms. The summed E-state index contributed by atoms with van der Waals surface area (Å²) >= 11 is 9.18. The van der Waals surface area contributed by atoms with Crippen molar-refractivity contribution in [2.75, 3.05) is 11.1 Å². The number of hydrogen-bond donors (Lipinski definition) is 1. The highest BCUT2D eigenvalue weighted by Gasteiger charge is 2.19. The Balaban J connectivity index is 1.73. The summed E-state index contributed by atoms with van der Waals surface area (Å²) < 4.78 is 2.10. The number of benzene rings is 1. The zero-order valence-corrected chi connectivity index (χ0v) is 19.4. The summed E-state index contributed by atoms with van der Waals surface area (Å²) in [7, 11) is 0. The quantitative estimate of drug-likeness (QED) is 0.415. The van der Waals surface area contributed by atoms with E-state index in [4.69, 9.17) is 11.6 Å². The van der Waals surface area contributed by atoms with Crippen molar-refractivity contribution in [2.24, 2.45) is 0 Å². The Morgan fingerprint density at radius 1 is 1.31 bits per heavy atom. The fourth-order valence-corrected chi connectivity index (χ4v) is 4.97. The summed E-state index contributed by atoms with van der Waals surface area (Å²) in [5.74, 6) is 1.01. The number of halogens is 1. The van der Waals surface area contributed by atoms with Gasteiger partial charge in [0.15, 0.2) is 11.0 Å². The van der Waals surface area contributed by atoms with Crippen LogP contribution in [0.25, 0.3) is 11.4 Å². The van der Waals surface area contributed by atoms with Crippen LogP contribution in [0.15, 0.2) is 34.8 Å². The topological polar surface area (TPSA) is 59.8 Å². The smallest absolute Gasteiger partial charge is 0.234 e. The number of aryl methyl sites for hydroxylation is 2. The van der Waals surface area contributed by atoms with Gasteiger partial charge in [0, 0.05) is 32.6 Å². The van der Waals surface area contributed by atoms with E-state index < -0.39 is 0 Å². The molecule has 0 spiro atoms. The third kappa shape index (κ3) is 5.41. The predicted molar refractivity (Wildman–Crippen MR) is 123 cm³/mol. The number of carbonyl (C=O) groups excluding carboxylic acids is 1. The Morgan fingerprint density at radius 3 is 2.83 bits per heavy atom. The van der Waals surface area contributed by atoms with Crippen molar-refractivity contribution in [3.63, 3.8) is 0 Å². The van der Waals surface area contributed by atoms with E-state index in [0.717, 1.165) is 40.6 Å². The van der Waals surface area contributed by atoms with E-state index >= 15 is 0 Å². The van der Waals surface area contributed by atoms with Crippen LogP contribution in [-0.2, 0) is 11.2 Å². The van der Waals surface area contributed by atoms with E-state index in [-0.39, 0.29) is 17.7 Å². The molecule has 1 N–H and O–H groups in total. The van der Waals surface area contributed by atoms with Gasteiger partial charge in [0.05, 0.1) is 5.75 Å². The van der Waals surface area contributed by atoms with E-state index in [1.54, 1.807) is 17.4 Å². The van der Waals surface area contributed by atoms with Gasteiger partial charge in [-0.2, -0.15) is 0 Å². The van der Waals surface area contributed by atoms with Crippen molar-refractivity contribution in [3.05, 3.63) is 45.1 Å². The summed E-state index contributed by atoms with van der Waals surface area (Å²) in [4.78, 5) is 13.8. The Bertz CT molecular complexity index is 996. The molecule has 5 nitrogen and oxygen atoms in total. The first-order valence-corrected chi connectivity index (χ1v) is 11.8. The van der Waals surface area contributed by atoms with Gasteiger partial charge in [-0.1, -0.05) is 42.8 Å². The second kappa shape index (κ2) is 9.78. The highest BCUT2D eigenvalue weighted by atomic mass is 35.5. The van der Waals surface area contributed by atoms with Crippen LogP contribution in [0.4, 0.5) is 5.69 Å². The lowest BCUT2D eigenvalue weighted by atomic mass is 10.2. The van der Waals surface area contributed by atoms with Gasteiger partial charge in [-0.25, -0.2) is 0 Å². The molecular formula is C21H25ClN4OS2. The molecule has 0 unspecified atom stereocenters. The van der Waals surface area contributed by atoms with E-state index in [1.165, 1.54) is 16.6 Å². The van der Waals surface area contributed by atoms with Crippen molar-refractivity contribution in [3.8, 4) is 11.4 Å². The first-order chi connectivity index (χ1) is 13.9. The Labute approximate surface area is 184 Å². The van der Waals surface area contributed by atoms with Crippen LogP contribution in [0.2, 0.25) is 5.02 Å². The molecule has 0 aliphatic rings. The summed E-state index contributed by atoms with van der Waals surface area (Å²) in [5.41, 5.74) is 2.79. The first-order valence-electron chi connectivity index (χ1n) is 9.60. The maximum absolute atomic E-state index is 12.5. The number of aromatic nitrogens is 3. The average molecular weight is 449 g/mol. The SMILES string of the molecule is CCCc1cc(-c2nnc(SCC(=O)Nc3cc(Cl)ccc3C)n2C(C)C)cs1. The zero-order chi connectivity index (χ0) is 21.0. The number of carbonyl (C=O) groups is 1. The molecule has 2 aromatic heterocycles. The fourth-order valence-electron chi connectivity index (χ4n) is 2.96. The van der Waals surface area contributed by atoms with Gasteiger partial charge in [-0.05, 0) is 51.0 Å². The van der Waals surface area contributed by atoms with E-state index in [2.05, 4.69) is 52.3 Å². The molecule has 0 aliphatic carbocycles. The largest absolute Gasteiger partial charge is 0.325 e. The predicted octanol–water partition coefficient (Wildman–Crippen LogP) is 6.23. The second-order valence-electron chi connectivity index (χ2n) is 7.12. The van der Waals surface area contributed by atoms with Gasteiger partial charge >= 0.3 is 0 Å². The zero-order valence-electron chi connectivity index (χ0n) is 17.0. The van der Waals surface area contributed by atoms with Crippen LogP contribution < -0.4 is 5.32 Å². The number of thiophene rings is 1. The molecule has 0 saturated heterocycles. The number of hydrogen-bond acceptors (Lipinski definition) is 5. The molecule has 2 heterocycles. The molecule has 0 saturated carbocycles. The van der Waals surface area contributed by atoms with Gasteiger partial charge in [-0.15, -0.1) is 21.5 Å². The summed E-state index contributed by atoms with van der Waals surface area (Å²) in [6.45, 7) is 8.33. The molecule has 3 rings (SSSR count). The fraction of sp³-hybridized carbons (Fsp3) is 0.381. The van der Waals surface area contributed by atoms with Crippen molar-refractivity contribution in [2.45, 2.75) is 51.7 Å². The number of thioether (sulfide) groups is 1. The minimum atomic E-state index is -0.0963. The van der Waals surface area contributed by atoms with Gasteiger partial charge in [0.1, 0.15) is 0 Å². The normalized spacial score (nSPS) is 11.2. The maximum atomic E-state index is 12.5. The van der Waals surface area contributed by atoms with E-state index in [0.29, 0.717) is 5.02 Å². The number of rotatable bonds is 8. The summed E-state index contributed by atoms with van der Waals surface area (Å²) in [5, 5.41) is 15.2. The lowest BCUT2D eigenvalue weighted by molar-refractivity contribution is -0.113. The maximum Gasteiger partial charge on any atom is 0.234 e. The minimum absolute atomic E-state index is 0.0963. The molecule has 1 amide bonds. The average Bonchev–Trinajstić information content (AvgIpc) is 3.30. The molecular weight excluding hydrogens is 424 g/mol. The number of anilines is 1. The van der Waals surface area contributed by atoms with Crippen LogP contribution in [0.1, 0.15) is 43.7 Å². The Morgan fingerprint density at radius 2 is 2.10 bits per heavy atom. The van der Waals surface area contributed by atoms with Crippen molar-refractivity contribution in [1.82, 2.24) is 14.8 Å². The number of nitrogens with one attached hydrogen (secondary N) is 1. The van der Waals surface area contributed by atoms with Gasteiger partial charge in [-0.3, -0.25) is 9.36 Å². The Hall–Kier alpha value is -1.83. The Kier molecular flexibility index (Phi) is 7.38. The third-order valence-corrected chi connectivity index (χ3v) is 6.57. The third-order valence-electron chi connectivity index (χ3n) is 4.40. The van der Waals surface area contributed by atoms with E-state index in [1.807, 2.05) is 19.1 Å². The molecule has 1 aromatic carbocycles. The summed E-state index contributed by atoms with van der Waals surface area (Å²) in [6.07, 6.45) is 2.20. The summed E-state index contributed by atoms with van der Waals surface area (Å²) in [6, 6.07) is 7.85. The van der Waals surface area contributed by atoms with Gasteiger partial charge in [0.25, 0.3) is 0 Å². The van der Waals surface area contributed by atoms with Crippen LogP contribution >= 0.6 is 34.7 Å². The highest BCUT2D eigenvalue weighted by Crippen LogP contribution is 2.31.